The average Bonchev–Trinajstić information content (AvgIpc) is 2.98. The number of nitrogens with one attached hydrogen (secondary N) is 1. The maximum atomic E-state index is 12.8. The first-order valence-electron chi connectivity index (χ1n) is 9.23. The summed E-state index contributed by atoms with van der Waals surface area (Å²) in [5.41, 5.74) is 0.475. The van der Waals surface area contributed by atoms with E-state index in [0.717, 1.165) is 25.7 Å². The van der Waals surface area contributed by atoms with Crippen LogP contribution in [0.3, 0.4) is 0 Å². The molecule has 1 amide bonds. The number of amides is 1. The molecular weight excluding hydrogens is 383 g/mol. The monoisotopic (exact) mass is 406 g/mol. The Kier molecular flexibility index (Phi) is 6.64. The number of hydrogen-bond donors (Lipinski definition) is 1. The van der Waals surface area contributed by atoms with Gasteiger partial charge in [0.15, 0.2) is 6.61 Å². The van der Waals surface area contributed by atoms with Gasteiger partial charge < -0.3 is 10.1 Å². The van der Waals surface area contributed by atoms with Crippen molar-refractivity contribution in [3.05, 3.63) is 54.3 Å². The quantitative estimate of drug-likeness (QED) is 0.798. The molecule has 0 saturated carbocycles. The Labute approximate surface area is 164 Å². The van der Waals surface area contributed by atoms with Crippen LogP contribution in [-0.2, 0) is 14.8 Å². The minimum absolute atomic E-state index is 0.218. The van der Waals surface area contributed by atoms with Gasteiger partial charge in [-0.25, -0.2) is 12.8 Å². The van der Waals surface area contributed by atoms with Crippen LogP contribution in [-0.4, -0.2) is 38.3 Å². The number of halogens is 1. The summed E-state index contributed by atoms with van der Waals surface area (Å²) in [6, 6.07) is 11.5. The number of rotatable bonds is 6. The van der Waals surface area contributed by atoms with Gasteiger partial charge in [-0.05, 0) is 61.4 Å². The van der Waals surface area contributed by atoms with Crippen molar-refractivity contribution in [2.24, 2.45) is 0 Å². The number of carbonyl (C=O) groups excluding carboxylic acids is 1. The van der Waals surface area contributed by atoms with Crippen LogP contribution in [0.2, 0.25) is 0 Å². The number of sulfonamides is 1. The molecule has 1 fully saturated rings. The molecule has 0 radical (unpaired) electrons. The molecule has 1 saturated heterocycles. The standard InChI is InChI=1S/C20H23FN2O4S/c21-16-5-9-18(10-6-16)27-15-20(24)22-17-7-11-19(12-8-17)28(25,26)23-13-3-1-2-4-14-23/h5-12H,1-4,13-15H2,(H,22,24). The zero-order valence-corrected chi connectivity index (χ0v) is 16.3. The Morgan fingerprint density at radius 2 is 1.57 bits per heavy atom. The van der Waals surface area contributed by atoms with Gasteiger partial charge >= 0.3 is 0 Å². The smallest absolute Gasteiger partial charge is 0.262 e. The molecule has 0 bridgehead atoms. The second-order valence-corrected chi connectivity index (χ2v) is 8.57. The van der Waals surface area contributed by atoms with Crippen molar-refractivity contribution < 1.29 is 22.3 Å². The molecule has 0 atom stereocenters. The maximum absolute atomic E-state index is 12.8. The summed E-state index contributed by atoms with van der Waals surface area (Å²) >= 11 is 0. The topological polar surface area (TPSA) is 75.7 Å². The Bertz CT molecular complexity index is 891. The van der Waals surface area contributed by atoms with Crippen LogP contribution in [0.5, 0.6) is 5.75 Å². The van der Waals surface area contributed by atoms with Crippen molar-refractivity contribution in [3.8, 4) is 5.75 Å². The van der Waals surface area contributed by atoms with E-state index >= 15 is 0 Å². The van der Waals surface area contributed by atoms with Crippen LogP contribution in [0, 0.1) is 5.82 Å². The summed E-state index contributed by atoms with van der Waals surface area (Å²) in [7, 11) is -3.52. The lowest BCUT2D eigenvalue weighted by Gasteiger charge is -2.20. The molecule has 0 aromatic heterocycles. The largest absolute Gasteiger partial charge is 0.484 e. The normalized spacial score (nSPS) is 15.6. The Hall–Kier alpha value is -2.45. The van der Waals surface area contributed by atoms with Crippen molar-refractivity contribution in [2.45, 2.75) is 30.6 Å². The molecule has 0 aliphatic carbocycles. The minimum Gasteiger partial charge on any atom is -0.484 e. The van der Waals surface area contributed by atoms with Crippen molar-refractivity contribution in [1.82, 2.24) is 4.31 Å². The fourth-order valence-electron chi connectivity index (χ4n) is 3.02. The Balaban J connectivity index is 1.57. The third kappa shape index (κ3) is 5.30. The van der Waals surface area contributed by atoms with Crippen molar-refractivity contribution in [2.75, 3.05) is 25.0 Å². The fraction of sp³-hybridized carbons (Fsp3) is 0.350. The van der Waals surface area contributed by atoms with Crippen molar-refractivity contribution >= 4 is 21.6 Å². The molecule has 2 aromatic carbocycles. The van der Waals surface area contributed by atoms with Gasteiger partial charge in [0, 0.05) is 18.8 Å². The van der Waals surface area contributed by atoms with Gasteiger partial charge in [-0.1, -0.05) is 12.8 Å². The second kappa shape index (κ2) is 9.16. The van der Waals surface area contributed by atoms with Gasteiger partial charge in [0.25, 0.3) is 5.91 Å². The van der Waals surface area contributed by atoms with Crippen LogP contribution in [0.4, 0.5) is 10.1 Å². The zero-order chi connectivity index (χ0) is 20.0. The fourth-order valence-corrected chi connectivity index (χ4v) is 4.54. The third-order valence-corrected chi connectivity index (χ3v) is 6.44. The van der Waals surface area contributed by atoms with Crippen LogP contribution in [0.15, 0.2) is 53.4 Å². The first-order chi connectivity index (χ1) is 13.4. The summed E-state index contributed by atoms with van der Waals surface area (Å²) in [6.07, 6.45) is 3.86. The number of benzene rings is 2. The Morgan fingerprint density at radius 1 is 0.964 bits per heavy atom. The highest BCUT2D eigenvalue weighted by Gasteiger charge is 2.24. The number of nitrogens with zero attached hydrogens (tertiary/aromatic N) is 1. The average molecular weight is 406 g/mol. The lowest BCUT2D eigenvalue weighted by Crippen LogP contribution is -2.31. The van der Waals surface area contributed by atoms with Crippen LogP contribution in [0.1, 0.15) is 25.7 Å². The first-order valence-corrected chi connectivity index (χ1v) is 10.7. The molecule has 8 heteroatoms. The number of anilines is 1. The van der Waals surface area contributed by atoms with Crippen LogP contribution < -0.4 is 10.1 Å². The number of carbonyl (C=O) groups is 1. The van der Waals surface area contributed by atoms with E-state index in [2.05, 4.69) is 5.32 Å². The predicted molar refractivity (Wildman–Crippen MR) is 104 cm³/mol. The zero-order valence-electron chi connectivity index (χ0n) is 15.4. The lowest BCUT2D eigenvalue weighted by molar-refractivity contribution is -0.118. The first kappa shape index (κ1) is 20.3. The van der Waals surface area contributed by atoms with Gasteiger partial charge in [-0.2, -0.15) is 4.31 Å². The lowest BCUT2D eigenvalue weighted by atomic mass is 10.2. The van der Waals surface area contributed by atoms with E-state index in [-0.39, 0.29) is 17.3 Å². The van der Waals surface area contributed by atoms with E-state index in [1.165, 1.54) is 40.7 Å². The molecule has 3 rings (SSSR count). The number of ether oxygens (including phenoxy) is 1. The molecule has 0 unspecified atom stereocenters. The van der Waals surface area contributed by atoms with E-state index in [4.69, 9.17) is 4.74 Å². The highest BCUT2D eigenvalue weighted by atomic mass is 32.2. The predicted octanol–water partition coefficient (Wildman–Crippen LogP) is 3.41. The van der Waals surface area contributed by atoms with E-state index in [9.17, 15) is 17.6 Å². The third-order valence-electron chi connectivity index (χ3n) is 4.52. The van der Waals surface area contributed by atoms with Crippen LogP contribution >= 0.6 is 0 Å². The Morgan fingerprint density at radius 3 is 2.18 bits per heavy atom. The van der Waals surface area contributed by atoms with E-state index < -0.39 is 15.9 Å². The molecule has 1 N–H and O–H groups in total. The van der Waals surface area contributed by atoms with Gasteiger partial charge in [-0.3, -0.25) is 4.79 Å². The molecule has 2 aromatic rings. The van der Waals surface area contributed by atoms with Gasteiger partial charge in [0.1, 0.15) is 11.6 Å². The number of hydrogen-bond acceptors (Lipinski definition) is 4. The summed E-state index contributed by atoms with van der Waals surface area (Å²) in [5.74, 6) is -0.394. The van der Waals surface area contributed by atoms with Crippen molar-refractivity contribution in [3.63, 3.8) is 0 Å². The van der Waals surface area contributed by atoms with Crippen molar-refractivity contribution in [1.29, 1.82) is 0 Å². The molecular formula is C20H23FN2O4S. The molecule has 150 valence electrons. The highest BCUT2D eigenvalue weighted by Crippen LogP contribution is 2.22. The molecule has 1 aliphatic rings. The summed E-state index contributed by atoms with van der Waals surface area (Å²) < 4.78 is 45.2. The van der Waals surface area contributed by atoms with Crippen LogP contribution in [0.25, 0.3) is 0 Å². The van der Waals surface area contributed by atoms with Gasteiger partial charge in [0.05, 0.1) is 4.90 Å². The van der Waals surface area contributed by atoms with Gasteiger partial charge in [-0.15, -0.1) is 0 Å². The summed E-state index contributed by atoms with van der Waals surface area (Å²) in [4.78, 5) is 12.2. The van der Waals surface area contributed by atoms with E-state index in [0.29, 0.717) is 24.5 Å². The van der Waals surface area contributed by atoms with E-state index in [1.807, 2.05) is 0 Å². The maximum Gasteiger partial charge on any atom is 0.262 e. The summed E-state index contributed by atoms with van der Waals surface area (Å²) in [5, 5.41) is 2.65. The molecule has 1 heterocycles. The van der Waals surface area contributed by atoms with Gasteiger partial charge in [0.2, 0.25) is 10.0 Å². The highest BCUT2D eigenvalue weighted by molar-refractivity contribution is 7.89. The molecule has 1 aliphatic heterocycles. The molecule has 0 spiro atoms. The molecule has 6 nitrogen and oxygen atoms in total. The summed E-state index contributed by atoms with van der Waals surface area (Å²) in [6.45, 7) is 0.850. The SMILES string of the molecule is O=C(COc1ccc(F)cc1)Nc1ccc(S(=O)(=O)N2CCCCCC2)cc1. The minimum atomic E-state index is -3.52. The molecule has 28 heavy (non-hydrogen) atoms. The second-order valence-electron chi connectivity index (χ2n) is 6.63. The van der Waals surface area contributed by atoms with E-state index in [1.54, 1.807) is 12.1 Å².